The van der Waals surface area contributed by atoms with Crippen LogP contribution in [0.5, 0.6) is 17.2 Å². The lowest BCUT2D eigenvalue weighted by Gasteiger charge is -2.32. The quantitative estimate of drug-likeness (QED) is 0.621. The Hall–Kier alpha value is -2.69. The number of hydrogen-bond donors (Lipinski definition) is 2. The summed E-state index contributed by atoms with van der Waals surface area (Å²) < 4.78 is 11.7. The molecule has 3 aromatic rings. The Kier molecular flexibility index (Phi) is 2.67. The minimum absolute atomic E-state index is 0.0216. The molecule has 2 N–H and O–H groups in total. The maximum absolute atomic E-state index is 12.7. The lowest BCUT2D eigenvalue weighted by atomic mass is 9.92. The molecule has 0 bridgehead atoms. The first-order valence-electron chi connectivity index (χ1n) is 7.49. The van der Waals surface area contributed by atoms with Gasteiger partial charge in [-0.2, -0.15) is 0 Å². The van der Waals surface area contributed by atoms with Crippen molar-refractivity contribution in [2.45, 2.75) is 32.3 Å². The third-order valence-electron chi connectivity index (χ3n) is 4.35. The van der Waals surface area contributed by atoms with Crippen molar-refractivity contribution < 1.29 is 19.4 Å². The average Bonchev–Trinajstić information content (AvgIpc) is 2.47. The van der Waals surface area contributed by atoms with Crippen molar-refractivity contribution in [3.05, 3.63) is 40.1 Å². The van der Waals surface area contributed by atoms with E-state index in [0.29, 0.717) is 23.3 Å². The first-order valence-corrected chi connectivity index (χ1v) is 7.49. The van der Waals surface area contributed by atoms with E-state index in [-0.39, 0.29) is 38.9 Å². The van der Waals surface area contributed by atoms with Gasteiger partial charge in [-0.05, 0) is 44.9 Å². The highest BCUT2D eigenvalue weighted by atomic mass is 16.5. The molecule has 0 amide bonds. The molecule has 0 unspecified atom stereocenters. The van der Waals surface area contributed by atoms with E-state index in [1.54, 1.807) is 6.07 Å². The van der Waals surface area contributed by atoms with Crippen LogP contribution in [0.25, 0.3) is 21.9 Å². The largest absolute Gasteiger partial charge is 0.508 e. The molecule has 5 heteroatoms. The predicted molar refractivity (Wildman–Crippen MR) is 86.3 cm³/mol. The fraction of sp³-hybridized carbons (Fsp3) is 0.278. The number of rotatable bonds is 0. The Labute approximate surface area is 131 Å². The molecule has 0 saturated heterocycles. The van der Waals surface area contributed by atoms with Gasteiger partial charge in [-0.15, -0.1) is 0 Å². The standard InChI is InChI=1S/C18H16O5/c1-18(2)6-5-10-13(23-18)8-14-15(16(10)20)17(21)11-7-9(19)3-4-12(11)22-14/h3-4,7-8,19-20H,5-6H2,1-2H3. The molecule has 5 nitrogen and oxygen atoms in total. The van der Waals surface area contributed by atoms with Gasteiger partial charge < -0.3 is 19.4 Å². The maximum atomic E-state index is 12.7. The molecule has 0 saturated carbocycles. The van der Waals surface area contributed by atoms with Crippen molar-refractivity contribution in [3.8, 4) is 17.2 Å². The van der Waals surface area contributed by atoms with Crippen LogP contribution < -0.4 is 10.2 Å². The van der Waals surface area contributed by atoms with E-state index in [0.717, 1.165) is 6.42 Å². The summed E-state index contributed by atoms with van der Waals surface area (Å²) in [6.45, 7) is 3.97. The maximum Gasteiger partial charge on any atom is 0.204 e. The first-order chi connectivity index (χ1) is 10.9. The molecule has 0 spiro atoms. The third-order valence-corrected chi connectivity index (χ3v) is 4.35. The van der Waals surface area contributed by atoms with Crippen molar-refractivity contribution in [2.75, 3.05) is 0 Å². The van der Waals surface area contributed by atoms with Gasteiger partial charge in [0.1, 0.15) is 39.4 Å². The van der Waals surface area contributed by atoms with E-state index < -0.39 is 0 Å². The average molecular weight is 312 g/mol. The summed E-state index contributed by atoms with van der Waals surface area (Å²) in [6, 6.07) is 6.00. The molecule has 1 aromatic heterocycles. The topological polar surface area (TPSA) is 79.9 Å². The Morgan fingerprint density at radius 2 is 1.91 bits per heavy atom. The van der Waals surface area contributed by atoms with Crippen LogP contribution in [0.3, 0.4) is 0 Å². The summed E-state index contributed by atoms with van der Waals surface area (Å²) in [5.41, 5.74) is 0.582. The van der Waals surface area contributed by atoms with Crippen LogP contribution in [-0.4, -0.2) is 15.8 Å². The zero-order valence-electron chi connectivity index (χ0n) is 12.8. The lowest BCUT2D eigenvalue weighted by molar-refractivity contribution is 0.0839. The molecule has 23 heavy (non-hydrogen) atoms. The minimum Gasteiger partial charge on any atom is -0.508 e. The summed E-state index contributed by atoms with van der Waals surface area (Å²) in [5.74, 6) is 0.436. The Morgan fingerprint density at radius 3 is 2.70 bits per heavy atom. The summed E-state index contributed by atoms with van der Waals surface area (Å²) in [4.78, 5) is 12.7. The van der Waals surface area contributed by atoms with Crippen LogP contribution in [-0.2, 0) is 6.42 Å². The predicted octanol–water partition coefficient (Wildman–Crippen LogP) is 3.46. The fourth-order valence-electron chi connectivity index (χ4n) is 3.11. The molecule has 0 atom stereocenters. The molecule has 1 aliphatic rings. The van der Waals surface area contributed by atoms with Crippen LogP contribution >= 0.6 is 0 Å². The van der Waals surface area contributed by atoms with Crippen LogP contribution in [0, 0.1) is 0 Å². The Bertz CT molecular complexity index is 1010. The minimum atomic E-state index is -0.359. The van der Waals surface area contributed by atoms with Crippen molar-refractivity contribution >= 4 is 21.9 Å². The highest BCUT2D eigenvalue weighted by molar-refractivity contribution is 5.95. The molecule has 4 rings (SSSR count). The molecule has 0 fully saturated rings. The van der Waals surface area contributed by atoms with Crippen LogP contribution in [0.1, 0.15) is 25.8 Å². The molecule has 2 heterocycles. The fourth-order valence-corrected chi connectivity index (χ4v) is 3.11. The second-order valence-corrected chi connectivity index (χ2v) is 6.55. The van der Waals surface area contributed by atoms with Crippen LogP contribution in [0.2, 0.25) is 0 Å². The lowest BCUT2D eigenvalue weighted by Crippen LogP contribution is -2.32. The van der Waals surface area contributed by atoms with Gasteiger partial charge in [0.25, 0.3) is 0 Å². The van der Waals surface area contributed by atoms with Crippen LogP contribution in [0.4, 0.5) is 0 Å². The molecule has 0 aliphatic carbocycles. The van der Waals surface area contributed by atoms with E-state index in [1.165, 1.54) is 18.2 Å². The Morgan fingerprint density at radius 1 is 1.13 bits per heavy atom. The van der Waals surface area contributed by atoms with Crippen LogP contribution in [0.15, 0.2) is 33.5 Å². The second-order valence-electron chi connectivity index (χ2n) is 6.55. The second kappa shape index (κ2) is 4.41. The van der Waals surface area contributed by atoms with Crippen molar-refractivity contribution in [3.63, 3.8) is 0 Å². The van der Waals surface area contributed by atoms with E-state index in [2.05, 4.69) is 0 Å². The highest BCUT2D eigenvalue weighted by Gasteiger charge is 2.30. The summed E-state index contributed by atoms with van der Waals surface area (Å²) in [6.07, 6.45) is 1.38. The third kappa shape index (κ3) is 2.04. The smallest absolute Gasteiger partial charge is 0.204 e. The number of ether oxygens (including phenoxy) is 1. The number of benzene rings is 2. The zero-order chi connectivity index (χ0) is 16.4. The number of fused-ring (bicyclic) bond motifs is 3. The van der Waals surface area contributed by atoms with Gasteiger partial charge in [0.15, 0.2) is 0 Å². The number of phenolic OH excluding ortho intramolecular Hbond substituents is 2. The zero-order valence-corrected chi connectivity index (χ0v) is 12.8. The van der Waals surface area contributed by atoms with Crippen molar-refractivity contribution in [1.82, 2.24) is 0 Å². The monoisotopic (exact) mass is 312 g/mol. The van der Waals surface area contributed by atoms with Gasteiger partial charge in [0.05, 0.1) is 5.39 Å². The SMILES string of the molecule is CC1(C)CCc2c(cc3oc4ccc(O)cc4c(=O)c3c2O)O1. The van der Waals surface area contributed by atoms with Gasteiger partial charge in [0.2, 0.25) is 5.43 Å². The summed E-state index contributed by atoms with van der Waals surface area (Å²) >= 11 is 0. The number of phenols is 2. The van der Waals surface area contributed by atoms with Gasteiger partial charge >= 0.3 is 0 Å². The van der Waals surface area contributed by atoms with Crippen molar-refractivity contribution in [1.29, 1.82) is 0 Å². The molecule has 2 aromatic carbocycles. The normalized spacial score (nSPS) is 16.3. The number of hydrogen-bond acceptors (Lipinski definition) is 5. The number of aromatic hydroxyl groups is 2. The van der Waals surface area contributed by atoms with E-state index >= 15 is 0 Å². The van der Waals surface area contributed by atoms with Gasteiger partial charge in [-0.25, -0.2) is 0 Å². The van der Waals surface area contributed by atoms with Gasteiger partial charge in [-0.3, -0.25) is 4.79 Å². The van der Waals surface area contributed by atoms with Gasteiger partial charge in [0, 0.05) is 11.6 Å². The molecular weight excluding hydrogens is 296 g/mol. The Balaban J connectivity index is 2.11. The summed E-state index contributed by atoms with van der Waals surface area (Å²) in [5, 5.41) is 20.5. The van der Waals surface area contributed by atoms with Crippen molar-refractivity contribution in [2.24, 2.45) is 0 Å². The molecule has 118 valence electrons. The van der Waals surface area contributed by atoms with E-state index in [1.807, 2.05) is 13.8 Å². The van der Waals surface area contributed by atoms with Gasteiger partial charge in [-0.1, -0.05) is 0 Å². The molecular formula is C18H16O5. The first kappa shape index (κ1) is 13.9. The summed E-state index contributed by atoms with van der Waals surface area (Å²) in [7, 11) is 0. The van der Waals surface area contributed by atoms with E-state index in [4.69, 9.17) is 9.15 Å². The molecule has 0 radical (unpaired) electrons. The molecule has 1 aliphatic heterocycles. The highest BCUT2D eigenvalue weighted by Crippen LogP contribution is 2.42. The van der Waals surface area contributed by atoms with E-state index in [9.17, 15) is 15.0 Å².